The van der Waals surface area contributed by atoms with E-state index in [1.54, 1.807) is 18.2 Å². The predicted molar refractivity (Wildman–Crippen MR) is 73.5 cm³/mol. The number of benzene rings is 2. The second-order valence-corrected chi connectivity index (χ2v) is 5.00. The molecule has 0 fully saturated rings. The van der Waals surface area contributed by atoms with Gasteiger partial charge >= 0.3 is 0 Å². The van der Waals surface area contributed by atoms with E-state index in [0.717, 1.165) is 12.1 Å². The Kier molecular flexibility index (Phi) is 4.17. The molecule has 0 aliphatic rings. The first-order chi connectivity index (χ1) is 8.95. The van der Waals surface area contributed by atoms with Crippen molar-refractivity contribution in [3.63, 3.8) is 0 Å². The van der Waals surface area contributed by atoms with E-state index >= 15 is 0 Å². The molecule has 0 aromatic heterocycles. The normalized spacial score (nSPS) is 10.3. The summed E-state index contributed by atoms with van der Waals surface area (Å²) in [5.41, 5.74) is 0.370. The highest BCUT2D eigenvalue weighted by Crippen LogP contribution is 2.25. The third kappa shape index (κ3) is 3.52. The summed E-state index contributed by atoms with van der Waals surface area (Å²) in [6.07, 6.45) is 0. The second kappa shape index (κ2) is 5.67. The van der Waals surface area contributed by atoms with Crippen LogP contribution in [0.1, 0.15) is 10.4 Å². The molecule has 2 rings (SSSR count). The number of halogens is 4. The molecule has 0 spiro atoms. The van der Waals surface area contributed by atoms with Gasteiger partial charge in [0.2, 0.25) is 0 Å². The molecule has 2 nitrogen and oxygen atoms in total. The highest BCUT2D eigenvalue weighted by molar-refractivity contribution is 9.10. The molecule has 2 aromatic carbocycles. The Morgan fingerprint density at radius 2 is 1.74 bits per heavy atom. The van der Waals surface area contributed by atoms with E-state index in [4.69, 9.17) is 11.6 Å². The van der Waals surface area contributed by atoms with Gasteiger partial charge in [0.15, 0.2) is 0 Å². The van der Waals surface area contributed by atoms with Gasteiger partial charge in [-0.25, -0.2) is 8.78 Å². The number of rotatable bonds is 2. The van der Waals surface area contributed by atoms with Crippen LogP contribution in [0, 0.1) is 11.6 Å². The molecule has 0 atom stereocenters. The highest BCUT2D eigenvalue weighted by atomic mass is 79.9. The van der Waals surface area contributed by atoms with Crippen LogP contribution in [0.15, 0.2) is 40.9 Å². The minimum Gasteiger partial charge on any atom is -0.322 e. The van der Waals surface area contributed by atoms with Crippen molar-refractivity contribution in [2.45, 2.75) is 0 Å². The fourth-order valence-electron chi connectivity index (χ4n) is 1.46. The number of hydrogen-bond donors (Lipinski definition) is 1. The Hall–Kier alpha value is -1.46. The van der Waals surface area contributed by atoms with Crippen molar-refractivity contribution in [1.29, 1.82) is 0 Å². The van der Waals surface area contributed by atoms with Crippen LogP contribution in [0.25, 0.3) is 0 Å². The first-order valence-electron chi connectivity index (χ1n) is 5.18. The Bertz CT molecular complexity index is 628. The van der Waals surface area contributed by atoms with E-state index in [-0.39, 0.29) is 5.56 Å². The van der Waals surface area contributed by atoms with Gasteiger partial charge in [0.25, 0.3) is 5.91 Å². The van der Waals surface area contributed by atoms with E-state index < -0.39 is 17.5 Å². The molecule has 6 heteroatoms. The lowest BCUT2D eigenvalue weighted by Crippen LogP contribution is -2.12. The highest BCUT2D eigenvalue weighted by Gasteiger charge is 2.10. The van der Waals surface area contributed by atoms with Crippen molar-refractivity contribution in [1.82, 2.24) is 0 Å². The number of amides is 1. The van der Waals surface area contributed by atoms with Crippen LogP contribution in [-0.4, -0.2) is 5.91 Å². The van der Waals surface area contributed by atoms with Gasteiger partial charge in [-0.1, -0.05) is 11.6 Å². The first kappa shape index (κ1) is 14.0. The summed E-state index contributed by atoms with van der Waals surface area (Å²) < 4.78 is 26.6. The fraction of sp³-hybridized carbons (Fsp3) is 0. The third-order valence-electron chi connectivity index (χ3n) is 2.30. The third-order valence-corrected chi connectivity index (χ3v) is 3.52. The van der Waals surface area contributed by atoms with Gasteiger partial charge in [-0.2, -0.15) is 0 Å². The molecular weight excluding hydrogens is 340 g/mol. The Morgan fingerprint density at radius 1 is 1.11 bits per heavy atom. The average molecular weight is 347 g/mol. The fourth-order valence-corrected chi connectivity index (χ4v) is 1.96. The van der Waals surface area contributed by atoms with Crippen LogP contribution in [0.3, 0.4) is 0 Å². The van der Waals surface area contributed by atoms with Crippen molar-refractivity contribution in [2.24, 2.45) is 0 Å². The Labute approximate surface area is 121 Å². The lowest BCUT2D eigenvalue weighted by Gasteiger charge is -2.06. The number of anilines is 1. The van der Waals surface area contributed by atoms with Crippen LogP contribution in [0.2, 0.25) is 5.02 Å². The number of hydrogen-bond acceptors (Lipinski definition) is 1. The maximum Gasteiger partial charge on any atom is 0.255 e. The summed E-state index contributed by atoms with van der Waals surface area (Å²) in [7, 11) is 0. The van der Waals surface area contributed by atoms with Crippen molar-refractivity contribution in [3.8, 4) is 0 Å². The van der Waals surface area contributed by atoms with Crippen LogP contribution in [0.5, 0.6) is 0 Å². The maximum absolute atomic E-state index is 13.0. The van der Waals surface area contributed by atoms with E-state index in [1.807, 2.05) is 0 Å². The predicted octanol–water partition coefficient (Wildman–Crippen LogP) is 4.63. The van der Waals surface area contributed by atoms with E-state index in [1.165, 1.54) is 0 Å². The molecule has 1 N–H and O–H groups in total. The van der Waals surface area contributed by atoms with E-state index in [9.17, 15) is 13.6 Å². The van der Waals surface area contributed by atoms with Crippen LogP contribution in [-0.2, 0) is 0 Å². The number of carbonyl (C=O) groups excluding carboxylic acids is 1. The van der Waals surface area contributed by atoms with Crippen LogP contribution >= 0.6 is 27.5 Å². The zero-order chi connectivity index (χ0) is 14.0. The molecule has 0 saturated carbocycles. The van der Waals surface area contributed by atoms with Gasteiger partial charge in [-0.15, -0.1) is 0 Å². The molecule has 0 bridgehead atoms. The molecule has 0 aliphatic carbocycles. The van der Waals surface area contributed by atoms with Gasteiger partial charge < -0.3 is 5.32 Å². The Balaban J connectivity index is 2.22. The largest absolute Gasteiger partial charge is 0.322 e. The molecule has 0 radical (unpaired) electrons. The zero-order valence-electron chi connectivity index (χ0n) is 9.38. The molecule has 2 aromatic rings. The molecular formula is C13H7BrClF2NO. The summed E-state index contributed by atoms with van der Waals surface area (Å²) in [6, 6.07) is 7.40. The minimum absolute atomic E-state index is 0.0939. The monoisotopic (exact) mass is 345 g/mol. The van der Waals surface area contributed by atoms with Crippen molar-refractivity contribution in [2.75, 3.05) is 5.32 Å². The SMILES string of the molecule is O=C(Nc1ccc(Cl)c(Br)c1)c1cc(F)cc(F)c1. The smallest absolute Gasteiger partial charge is 0.255 e. The summed E-state index contributed by atoms with van der Waals surface area (Å²) in [5, 5.41) is 3.01. The van der Waals surface area contributed by atoms with E-state index in [2.05, 4.69) is 21.2 Å². The van der Waals surface area contributed by atoms with Gasteiger partial charge in [-0.3, -0.25) is 4.79 Å². The molecule has 0 aliphatic heterocycles. The van der Waals surface area contributed by atoms with Crippen molar-refractivity contribution >= 4 is 39.1 Å². The average Bonchev–Trinajstić information content (AvgIpc) is 2.32. The lowest BCUT2D eigenvalue weighted by atomic mass is 10.2. The van der Waals surface area contributed by atoms with Crippen LogP contribution in [0.4, 0.5) is 14.5 Å². The molecule has 0 unspecified atom stereocenters. The summed E-state index contributed by atoms with van der Waals surface area (Å²) >= 11 is 9.03. The molecule has 19 heavy (non-hydrogen) atoms. The first-order valence-corrected chi connectivity index (χ1v) is 6.35. The van der Waals surface area contributed by atoms with Gasteiger partial charge in [0.1, 0.15) is 11.6 Å². The van der Waals surface area contributed by atoms with Gasteiger partial charge in [0, 0.05) is 21.8 Å². The minimum atomic E-state index is -0.803. The van der Waals surface area contributed by atoms with E-state index in [0.29, 0.717) is 21.2 Å². The van der Waals surface area contributed by atoms with Crippen molar-refractivity contribution < 1.29 is 13.6 Å². The molecule has 98 valence electrons. The van der Waals surface area contributed by atoms with Gasteiger partial charge in [-0.05, 0) is 46.3 Å². The standard InChI is InChI=1S/C13H7BrClF2NO/c14-11-6-10(1-2-12(11)15)18-13(19)7-3-8(16)5-9(17)4-7/h1-6H,(H,18,19). The molecule has 0 saturated heterocycles. The number of carbonyl (C=O) groups is 1. The zero-order valence-corrected chi connectivity index (χ0v) is 11.7. The van der Waals surface area contributed by atoms with Crippen molar-refractivity contribution in [3.05, 3.63) is 63.1 Å². The lowest BCUT2D eigenvalue weighted by molar-refractivity contribution is 0.102. The quantitative estimate of drug-likeness (QED) is 0.844. The maximum atomic E-state index is 13.0. The van der Waals surface area contributed by atoms with Crippen LogP contribution < -0.4 is 5.32 Å². The Morgan fingerprint density at radius 3 is 2.32 bits per heavy atom. The topological polar surface area (TPSA) is 29.1 Å². The summed E-state index contributed by atoms with van der Waals surface area (Å²) in [4.78, 5) is 11.8. The van der Waals surface area contributed by atoms with Gasteiger partial charge in [0.05, 0.1) is 5.02 Å². The molecule has 1 amide bonds. The second-order valence-electron chi connectivity index (χ2n) is 3.74. The summed E-state index contributed by atoms with van der Waals surface area (Å²) in [5.74, 6) is -2.21. The molecule has 0 heterocycles. The number of nitrogens with one attached hydrogen (secondary N) is 1. The summed E-state index contributed by atoms with van der Waals surface area (Å²) in [6.45, 7) is 0.